The summed E-state index contributed by atoms with van der Waals surface area (Å²) in [6.07, 6.45) is 0.760. The Kier molecular flexibility index (Phi) is 4.92. The Morgan fingerprint density at radius 1 is 1.38 bits per heavy atom. The van der Waals surface area contributed by atoms with Crippen molar-refractivity contribution in [3.63, 3.8) is 0 Å². The molecule has 0 bridgehead atoms. The number of halogens is 1. The minimum absolute atomic E-state index is 0.124. The summed E-state index contributed by atoms with van der Waals surface area (Å²) < 4.78 is 5.10. The number of urea groups is 1. The van der Waals surface area contributed by atoms with Gasteiger partial charge < -0.3 is 20.1 Å². The Hall–Kier alpha value is -2.24. The van der Waals surface area contributed by atoms with Crippen LogP contribution in [0.15, 0.2) is 42.5 Å². The summed E-state index contributed by atoms with van der Waals surface area (Å²) in [5.41, 5.74) is 2.67. The molecular weight excluding hydrogens is 328 g/mol. The summed E-state index contributed by atoms with van der Waals surface area (Å²) in [6, 6.07) is 12.3. The van der Waals surface area contributed by atoms with Crippen LogP contribution in [0.4, 0.5) is 10.5 Å². The topological polar surface area (TPSA) is 61.8 Å². The Morgan fingerprint density at radius 3 is 2.88 bits per heavy atom. The number of fused-ring (bicyclic) bond motifs is 1. The molecular formula is C18H19ClN2O3. The number of carbonyl (C=O) groups is 1. The van der Waals surface area contributed by atoms with E-state index in [1.807, 2.05) is 24.3 Å². The lowest BCUT2D eigenvalue weighted by Gasteiger charge is -2.36. The number of benzene rings is 2. The lowest BCUT2D eigenvalue weighted by molar-refractivity contribution is 0.135. The van der Waals surface area contributed by atoms with Crippen molar-refractivity contribution in [2.75, 3.05) is 25.6 Å². The van der Waals surface area contributed by atoms with E-state index in [-0.39, 0.29) is 18.7 Å². The summed E-state index contributed by atoms with van der Waals surface area (Å²) >= 11 is 6.18. The number of ether oxygens (including phenoxy) is 1. The summed E-state index contributed by atoms with van der Waals surface area (Å²) in [5.74, 6) is 0.623. The predicted octanol–water partition coefficient (Wildman–Crippen LogP) is 3.47. The molecule has 2 aromatic carbocycles. The number of aliphatic hydroxyl groups is 1. The third-order valence-corrected chi connectivity index (χ3v) is 4.58. The van der Waals surface area contributed by atoms with Gasteiger partial charge >= 0.3 is 6.03 Å². The number of nitrogens with zero attached hydrogens (tertiary/aromatic N) is 1. The van der Waals surface area contributed by atoms with Crippen molar-refractivity contribution >= 4 is 23.3 Å². The van der Waals surface area contributed by atoms with E-state index >= 15 is 0 Å². The average molecular weight is 347 g/mol. The van der Waals surface area contributed by atoms with Crippen LogP contribution < -0.4 is 10.1 Å². The lowest BCUT2D eigenvalue weighted by atomic mass is 9.93. The maximum atomic E-state index is 12.7. The van der Waals surface area contributed by atoms with E-state index in [9.17, 15) is 9.90 Å². The van der Waals surface area contributed by atoms with Gasteiger partial charge in [-0.3, -0.25) is 0 Å². The molecule has 6 heteroatoms. The Bertz CT molecular complexity index is 751. The second-order valence-electron chi connectivity index (χ2n) is 5.62. The van der Waals surface area contributed by atoms with Gasteiger partial charge in [0.05, 0.1) is 30.5 Å². The van der Waals surface area contributed by atoms with Crippen LogP contribution in [0.3, 0.4) is 0 Å². The highest BCUT2D eigenvalue weighted by Gasteiger charge is 2.30. The zero-order chi connectivity index (χ0) is 17.1. The molecule has 1 heterocycles. The van der Waals surface area contributed by atoms with Gasteiger partial charge in [0.2, 0.25) is 0 Å². The minimum atomic E-state index is -0.355. The van der Waals surface area contributed by atoms with Gasteiger partial charge in [-0.1, -0.05) is 35.9 Å². The quantitative estimate of drug-likeness (QED) is 0.894. The normalized spacial score (nSPS) is 16.5. The molecule has 2 amide bonds. The fourth-order valence-corrected chi connectivity index (χ4v) is 3.22. The van der Waals surface area contributed by atoms with Gasteiger partial charge in [-0.15, -0.1) is 0 Å². The number of amides is 2. The number of aliphatic hydroxyl groups excluding tert-OH is 1. The number of methoxy groups -OCH3 is 1. The number of nitrogens with one attached hydrogen (secondary N) is 1. The number of hydrogen-bond donors (Lipinski definition) is 2. The molecule has 0 saturated heterocycles. The zero-order valence-electron chi connectivity index (χ0n) is 13.3. The van der Waals surface area contributed by atoms with Gasteiger partial charge in [-0.2, -0.15) is 0 Å². The maximum Gasteiger partial charge on any atom is 0.322 e. The van der Waals surface area contributed by atoms with Gasteiger partial charge in [0.25, 0.3) is 0 Å². The molecule has 2 N–H and O–H groups in total. The molecule has 1 aliphatic rings. The van der Waals surface area contributed by atoms with E-state index in [2.05, 4.69) is 5.32 Å². The second kappa shape index (κ2) is 7.11. The molecule has 2 aromatic rings. The molecule has 0 unspecified atom stereocenters. The Morgan fingerprint density at radius 2 is 2.17 bits per heavy atom. The van der Waals surface area contributed by atoms with Gasteiger partial charge in [-0.25, -0.2) is 4.79 Å². The van der Waals surface area contributed by atoms with E-state index in [0.29, 0.717) is 23.0 Å². The van der Waals surface area contributed by atoms with Crippen LogP contribution >= 0.6 is 11.6 Å². The first-order valence-corrected chi connectivity index (χ1v) is 8.11. The summed E-state index contributed by atoms with van der Waals surface area (Å²) in [6.45, 7) is 0.419. The van der Waals surface area contributed by atoms with Crippen LogP contribution in [-0.4, -0.2) is 36.3 Å². The molecule has 0 radical (unpaired) electrons. The van der Waals surface area contributed by atoms with Gasteiger partial charge in [0, 0.05) is 12.6 Å². The van der Waals surface area contributed by atoms with Crippen LogP contribution in [-0.2, 0) is 6.42 Å². The van der Waals surface area contributed by atoms with Crippen LogP contribution in [0, 0.1) is 0 Å². The van der Waals surface area contributed by atoms with Crippen LogP contribution in [0.25, 0.3) is 0 Å². The first kappa shape index (κ1) is 16.6. The minimum Gasteiger partial charge on any atom is -0.497 e. The van der Waals surface area contributed by atoms with Gasteiger partial charge in [0.15, 0.2) is 0 Å². The molecule has 0 aromatic heterocycles. The molecule has 1 aliphatic heterocycles. The highest BCUT2D eigenvalue weighted by Crippen LogP contribution is 2.31. The molecule has 3 rings (SSSR count). The van der Waals surface area contributed by atoms with Gasteiger partial charge in [-0.05, 0) is 29.7 Å². The van der Waals surface area contributed by atoms with Crippen molar-refractivity contribution in [3.05, 3.63) is 58.6 Å². The van der Waals surface area contributed by atoms with Crippen molar-refractivity contribution in [3.8, 4) is 5.75 Å². The van der Waals surface area contributed by atoms with Crippen molar-refractivity contribution in [2.24, 2.45) is 0 Å². The predicted molar refractivity (Wildman–Crippen MR) is 93.7 cm³/mol. The molecule has 24 heavy (non-hydrogen) atoms. The molecule has 126 valence electrons. The highest BCUT2D eigenvalue weighted by molar-refractivity contribution is 6.33. The van der Waals surface area contributed by atoms with Crippen LogP contribution in [0.1, 0.15) is 17.2 Å². The fraction of sp³-hybridized carbons (Fsp3) is 0.278. The van der Waals surface area contributed by atoms with Crippen LogP contribution in [0.2, 0.25) is 5.02 Å². The molecule has 0 aliphatic carbocycles. The summed E-state index contributed by atoms with van der Waals surface area (Å²) in [7, 11) is 1.56. The molecule has 0 fully saturated rings. The van der Waals surface area contributed by atoms with Crippen molar-refractivity contribution in [2.45, 2.75) is 12.5 Å². The van der Waals surface area contributed by atoms with E-state index in [4.69, 9.17) is 16.3 Å². The summed E-state index contributed by atoms with van der Waals surface area (Å²) in [4.78, 5) is 14.3. The number of anilines is 1. The average Bonchev–Trinajstić information content (AvgIpc) is 2.62. The fourth-order valence-electron chi connectivity index (χ4n) is 3.00. The van der Waals surface area contributed by atoms with Crippen LogP contribution in [0.5, 0.6) is 5.75 Å². The largest absolute Gasteiger partial charge is 0.497 e. The molecule has 5 nitrogen and oxygen atoms in total. The van der Waals surface area contributed by atoms with E-state index in [1.54, 1.807) is 30.2 Å². The Labute approximate surface area is 145 Å². The third-order valence-electron chi connectivity index (χ3n) is 4.26. The SMILES string of the molecule is COc1ccc(NC(=O)N2CCc3ccccc3[C@H]2CO)c(Cl)c1. The Balaban J connectivity index is 1.80. The summed E-state index contributed by atoms with van der Waals surface area (Å²) in [5, 5.41) is 13.0. The van der Waals surface area contributed by atoms with Crippen molar-refractivity contribution < 1.29 is 14.6 Å². The van der Waals surface area contributed by atoms with E-state index in [1.165, 1.54) is 5.56 Å². The molecule has 0 spiro atoms. The monoisotopic (exact) mass is 346 g/mol. The third kappa shape index (κ3) is 3.18. The van der Waals surface area contributed by atoms with Crippen molar-refractivity contribution in [1.82, 2.24) is 4.90 Å². The molecule has 0 saturated carbocycles. The first-order chi connectivity index (χ1) is 11.6. The molecule has 1 atom stereocenters. The standard InChI is InChI=1S/C18H19ClN2O3/c1-24-13-6-7-16(15(19)10-13)20-18(23)21-9-8-12-4-2-3-5-14(12)17(21)11-22/h2-7,10,17,22H,8-9,11H2,1H3,(H,20,23)/t17-/m1/s1. The van der Waals surface area contributed by atoms with E-state index < -0.39 is 0 Å². The second-order valence-corrected chi connectivity index (χ2v) is 6.02. The van der Waals surface area contributed by atoms with Gasteiger partial charge in [0.1, 0.15) is 5.75 Å². The van der Waals surface area contributed by atoms with Crippen molar-refractivity contribution in [1.29, 1.82) is 0 Å². The first-order valence-electron chi connectivity index (χ1n) is 7.74. The number of carbonyl (C=O) groups excluding carboxylic acids is 1. The lowest BCUT2D eigenvalue weighted by Crippen LogP contribution is -2.43. The number of hydrogen-bond acceptors (Lipinski definition) is 3. The smallest absolute Gasteiger partial charge is 0.322 e. The zero-order valence-corrected chi connectivity index (χ0v) is 14.1. The van der Waals surface area contributed by atoms with E-state index in [0.717, 1.165) is 12.0 Å². The number of rotatable bonds is 3. The highest BCUT2D eigenvalue weighted by atomic mass is 35.5. The maximum absolute atomic E-state index is 12.7.